The van der Waals surface area contributed by atoms with Crippen molar-refractivity contribution in [2.75, 3.05) is 12.4 Å². The molecule has 0 amide bonds. The monoisotopic (exact) mass is 404 g/mol. The largest absolute Gasteiger partial charge is 0.400 e. The van der Waals surface area contributed by atoms with E-state index < -0.39 is 0 Å². The molecule has 30 heavy (non-hydrogen) atoms. The molecule has 1 atom stereocenters. The molecule has 0 aliphatic carbocycles. The van der Waals surface area contributed by atoms with Crippen molar-refractivity contribution in [1.82, 2.24) is 4.98 Å². The zero-order chi connectivity index (χ0) is 23.0. The molecule has 0 saturated heterocycles. The van der Waals surface area contributed by atoms with Crippen LogP contribution >= 0.6 is 0 Å². The standard InChI is InChI=1S/C23H24N2.C3H8.CH4O/c1-8-18-9-10-19(14(4)11-18)22-20(13(2)3)17(7)25-23-15(5)12-24-16(6)21(22)23;1-3-2;1-2/h1,9-12,22,25H,2H2,3-7H3;3H2,1-2H3;2H,1H3/t22-;;/m0../s1. The normalized spacial score (nSPS) is 14.2. The van der Waals surface area contributed by atoms with Crippen molar-refractivity contribution in [3.05, 3.63) is 81.3 Å². The Balaban J connectivity index is 0.000000826. The summed E-state index contributed by atoms with van der Waals surface area (Å²) < 4.78 is 0. The number of allylic oxidation sites excluding steroid dienone is 3. The van der Waals surface area contributed by atoms with Crippen LogP contribution in [0.15, 0.2) is 47.8 Å². The van der Waals surface area contributed by atoms with Gasteiger partial charge in [0.1, 0.15) is 0 Å². The van der Waals surface area contributed by atoms with Crippen LogP contribution in [0.3, 0.4) is 0 Å². The maximum Gasteiger partial charge on any atom is 0.0487 e. The molecule has 0 fully saturated rings. The summed E-state index contributed by atoms with van der Waals surface area (Å²) in [6, 6.07) is 6.26. The summed E-state index contributed by atoms with van der Waals surface area (Å²) in [6.07, 6.45) is 8.76. The van der Waals surface area contributed by atoms with Crippen LogP contribution in [-0.2, 0) is 0 Å². The Morgan fingerprint density at radius 3 is 2.27 bits per heavy atom. The number of aliphatic hydroxyl groups is 1. The van der Waals surface area contributed by atoms with E-state index in [-0.39, 0.29) is 5.92 Å². The number of aryl methyl sites for hydroxylation is 3. The summed E-state index contributed by atoms with van der Waals surface area (Å²) in [5, 5.41) is 10.6. The SMILES string of the molecule is C#Cc1ccc([C@H]2C(C(=C)C)=C(C)Nc3c(C)cnc(C)c32)c(C)c1.CCC.CO. The lowest BCUT2D eigenvalue weighted by molar-refractivity contribution is 0.399. The second-order valence-corrected chi connectivity index (χ2v) is 7.62. The zero-order valence-electron chi connectivity index (χ0n) is 19.8. The molecule has 1 aliphatic rings. The minimum atomic E-state index is 0.118. The molecular formula is C27H36N2O. The van der Waals surface area contributed by atoms with E-state index in [0.29, 0.717) is 0 Å². The highest BCUT2D eigenvalue weighted by Gasteiger charge is 2.32. The summed E-state index contributed by atoms with van der Waals surface area (Å²) >= 11 is 0. The zero-order valence-corrected chi connectivity index (χ0v) is 19.8. The quantitative estimate of drug-likeness (QED) is 0.568. The summed E-state index contributed by atoms with van der Waals surface area (Å²) in [5.74, 6) is 2.84. The number of rotatable bonds is 2. The van der Waals surface area contributed by atoms with Crippen molar-refractivity contribution in [2.45, 2.75) is 60.8 Å². The highest BCUT2D eigenvalue weighted by Crippen LogP contribution is 2.46. The molecule has 160 valence electrons. The molecule has 1 aromatic carbocycles. The highest BCUT2D eigenvalue weighted by atomic mass is 16.2. The topological polar surface area (TPSA) is 45.2 Å². The van der Waals surface area contributed by atoms with Crippen molar-refractivity contribution < 1.29 is 5.11 Å². The molecule has 2 heterocycles. The van der Waals surface area contributed by atoms with E-state index in [1.165, 1.54) is 34.4 Å². The molecule has 1 aromatic heterocycles. The van der Waals surface area contributed by atoms with Crippen LogP contribution in [0.25, 0.3) is 0 Å². The van der Waals surface area contributed by atoms with Crippen LogP contribution in [0.5, 0.6) is 0 Å². The van der Waals surface area contributed by atoms with E-state index in [9.17, 15) is 0 Å². The van der Waals surface area contributed by atoms with Crippen molar-refractivity contribution in [2.24, 2.45) is 0 Å². The maximum atomic E-state index is 7.00. The van der Waals surface area contributed by atoms with E-state index in [4.69, 9.17) is 11.5 Å². The average Bonchev–Trinajstić information content (AvgIpc) is 2.71. The minimum absolute atomic E-state index is 0.118. The number of nitrogens with one attached hydrogen (secondary N) is 1. The smallest absolute Gasteiger partial charge is 0.0487 e. The lowest BCUT2D eigenvalue weighted by atomic mass is 9.76. The molecule has 0 spiro atoms. The fourth-order valence-electron chi connectivity index (χ4n) is 3.82. The maximum absolute atomic E-state index is 7.00. The Morgan fingerprint density at radius 2 is 1.77 bits per heavy atom. The summed E-state index contributed by atoms with van der Waals surface area (Å²) in [6.45, 7) is 19.0. The van der Waals surface area contributed by atoms with Crippen LogP contribution in [0, 0.1) is 33.1 Å². The van der Waals surface area contributed by atoms with Crippen LogP contribution in [0.2, 0.25) is 0 Å². The number of anilines is 1. The third kappa shape index (κ3) is 5.20. The molecule has 0 unspecified atom stereocenters. The summed E-state index contributed by atoms with van der Waals surface area (Å²) in [7, 11) is 1.00. The molecule has 3 nitrogen and oxygen atoms in total. The molecule has 1 aliphatic heterocycles. The van der Waals surface area contributed by atoms with Gasteiger partial charge in [0, 0.05) is 47.4 Å². The average molecular weight is 405 g/mol. The van der Waals surface area contributed by atoms with Gasteiger partial charge in [-0.3, -0.25) is 4.98 Å². The van der Waals surface area contributed by atoms with Gasteiger partial charge in [0.2, 0.25) is 0 Å². The van der Waals surface area contributed by atoms with Crippen molar-refractivity contribution in [1.29, 1.82) is 0 Å². The summed E-state index contributed by atoms with van der Waals surface area (Å²) in [5.41, 5.74) is 11.4. The first-order valence-electron chi connectivity index (χ1n) is 10.4. The lowest BCUT2D eigenvalue weighted by Crippen LogP contribution is -2.21. The Kier molecular flexibility index (Phi) is 9.56. The predicted octanol–water partition coefficient (Wildman–Crippen LogP) is 6.42. The van der Waals surface area contributed by atoms with E-state index in [2.05, 4.69) is 83.4 Å². The van der Waals surface area contributed by atoms with Gasteiger partial charge in [0.05, 0.1) is 0 Å². The molecule has 0 saturated carbocycles. The number of pyridine rings is 1. The fourth-order valence-corrected chi connectivity index (χ4v) is 3.82. The van der Waals surface area contributed by atoms with Crippen LogP contribution in [0.1, 0.15) is 73.5 Å². The van der Waals surface area contributed by atoms with Gasteiger partial charge >= 0.3 is 0 Å². The molecule has 2 N–H and O–H groups in total. The number of fused-ring (bicyclic) bond motifs is 1. The number of hydrogen-bond donors (Lipinski definition) is 2. The van der Waals surface area contributed by atoms with Gasteiger partial charge in [-0.15, -0.1) is 6.42 Å². The van der Waals surface area contributed by atoms with E-state index in [0.717, 1.165) is 35.2 Å². The second kappa shape index (κ2) is 11.4. The lowest BCUT2D eigenvalue weighted by Gasteiger charge is -2.34. The number of terminal acetylenes is 1. The fraction of sp³-hybridized carbons (Fsp3) is 0.370. The van der Waals surface area contributed by atoms with Crippen LogP contribution in [0.4, 0.5) is 5.69 Å². The van der Waals surface area contributed by atoms with Gasteiger partial charge in [-0.2, -0.15) is 0 Å². The number of aromatic nitrogens is 1. The van der Waals surface area contributed by atoms with Gasteiger partial charge in [-0.05, 0) is 69.0 Å². The third-order valence-corrected chi connectivity index (χ3v) is 5.01. The molecule has 3 heteroatoms. The van der Waals surface area contributed by atoms with E-state index in [1.807, 2.05) is 12.3 Å². The number of benzene rings is 1. The molecule has 2 aromatic rings. The second-order valence-electron chi connectivity index (χ2n) is 7.62. The first-order chi connectivity index (χ1) is 14.3. The van der Waals surface area contributed by atoms with Crippen LogP contribution in [-0.4, -0.2) is 17.2 Å². The first-order valence-corrected chi connectivity index (χ1v) is 10.4. The molecule has 3 rings (SSSR count). The predicted molar refractivity (Wildman–Crippen MR) is 130 cm³/mol. The van der Waals surface area contributed by atoms with Crippen molar-refractivity contribution >= 4 is 5.69 Å². The van der Waals surface area contributed by atoms with Gasteiger partial charge in [0.15, 0.2) is 0 Å². The Morgan fingerprint density at radius 1 is 1.17 bits per heavy atom. The van der Waals surface area contributed by atoms with Gasteiger partial charge < -0.3 is 10.4 Å². The molecule has 0 bridgehead atoms. The van der Waals surface area contributed by atoms with Gasteiger partial charge in [0.25, 0.3) is 0 Å². The van der Waals surface area contributed by atoms with Crippen molar-refractivity contribution in [3.8, 4) is 12.3 Å². The number of hydrogen-bond acceptors (Lipinski definition) is 3. The molecular weight excluding hydrogens is 368 g/mol. The highest BCUT2D eigenvalue weighted by molar-refractivity contribution is 5.72. The Bertz CT molecular complexity index is 977. The third-order valence-electron chi connectivity index (χ3n) is 5.01. The minimum Gasteiger partial charge on any atom is -0.400 e. The van der Waals surface area contributed by atoms with E-state index >= 15 is 0 Å². The van der Waals surface area contributed by atoms with Crippen LogP contribution < -0.4 is 5.32 Å². The Hall–Kier alpha value is -2.83. The van der Waals surface area contributed by atoms with Crippen molar-refractivity contribution in [3.63, 3.8) is 0 Å². The Labute approximate surface area is 183 Å². The number of aliphatic hydroxyl groups excluding tert-OH is 1. The molecule has 0 radical (unpaired) electrons. The van der Waals surface area contributed by atoms with E-state index in [1.54, 1.807) is 0 Å². The summed E-state index contributed by atoms with van der Waals surface area (Å²) in [4.78, 5) is 4.63. The first kappa shape index (κ1) is 25.2. The van der Waals surface area contributed by atoms with Gasteiger partial charge in [-0.25, -0.2) is 0 Å². The van der Waals surface area contributed by atoms with Gasteiger partial charge in [-0.1, -0.05) is 44.4 Å². The number of nitrogens with zero attached hydrogens (tertiary/aromatic N) is 1.